The van der Waals surface area contributed by atoms with E-state index in [1.165, 1.54) is 22.9 Å². The molecule has 0 fully saturated rings. The number of nitrogens with zero attached hydrogens (tertiary/aromatic N) is 3. The lowest BCUT2D eigenvalue weighted by Gasteiger charge is -2.06. The standard InChI is InChI=1S/C16H12BrN3O4S/c1-10-15(25(23,24)14-8-3-2-7-13(14)17)18-19-20(10)12-6-4-5-11(9-12)16(21)22/h2-9H,1H3,(H,21,22). The second kappa shape index (κ2) is 6.41. The van der Waals surface area contributed by atoms with E-state index in [1.807, 2.05) is 0 Å². The molecule has 7 nitrogen and oxygen atoms in total. The Kier molecular flexibility index (Phi) is 4.44. The highest BCUT2D eigenvalue weighted by atomic mass is 79.9. The molecule has 1 heterocycles. The van der Waals surface area contributed by atoms with Crippen molar-refractivity contribution < 1.29 is 18.3 Å². The average Bonchev–Trinajstić information content (AvgIpc) is 2.97. The molecule has 1 aromatic heterocycles. The Bertz CT molecular complexity index is 1080. The third-order valence-electron chi connectivity index (χ3n) is 3.57. The topological polar surface area (TPSA) is 102 Å². The van der Waals surface area contributed by atoms with Gasteiger partial charge in [0, 0.05) is 4.47 Å². The third-order valence-corrected chi connectivity index (χ3v) is 6.35. The number of sulfone groups is 1. The van der Waals surface area contributed by atoms with E-state index in [4.69, 9.17) is 5.11 Å². The Morgan fingerprint density at radius 1 is 1.16 bits per heavy atom. The van der Waals surface area contributed by atoms with Gasteiger partial charge >= 0.3 is 5.97 Å². The summed E-state index contributed by atoms with van der Waals surface area (Å²) in [7, 11) is -3.87. The van der Waals surface area contributed by atoms with Gasteiger partial charge in [0.1, 0.15) is 0 Å². The minimum atomic E-state index is -3.87. The van der Waals surface area contributed by atoms with Gasteiger partial charge in [-0.3, -0.25) is 0 Å². The number of aromatic nitrogens is 3. The van der Waals surface area contributed by atoms with Crippen LogP contribution in [-0.4, -0.2) is 34.5 Å². The summed E-state index contributed by atoms with van der Waals surface area (Å²) in [5.41, 5.74) is 0.777. The Hall–Kier alpha value is -2.52. The van der Waals surface area contributed by atoms with Gasteiger partial charge < -0.3 is 5.11 Å². The van der Waals surface area contributed by atoms with Crippen LogP contribution in [0.3, 0.4) is 0 Å². The minimum absolute atomic E-state index is 0.0719. The van der Waals surface area contributed by atoms with Crippen molar-refractivity contribution in [2.45, 2.75) is 16.8 Å². The zero-order valence-corrected chi connectivity index (χ0v) is 15.3. The van der Waals surface area contributed by atoms with Crippen LogP contribution in [0.5, 0.6) is 0 Å². The molecule has 0 atom stereocenters. The van der Waals surface area contributed by atoms with Crippen LogP contribution in [-0.2, 0) is 9.84 Å². The van der Waals surface area contributed by atoms with E-state index in [1.54, 1.807) is 37.3 Å². The second-order valence-corrected chi connectivity index (χ2v) is 7.87. The fourth-order valence-corrected chi connectivity index (χ4v) is 4.68. The van der Waals surface area contributed by atoms with Crippen LogP contribution < -0.4 is 0 Å². The van der Waals surface area contributed by atoms with Crippen LogP contribution in [0.15, 0.2) is 62.9 Å². The van der Waals surface area contributed by atoms with E-state index in [-0.39, 0.29) is 15.5 Å². The predicted octanol–water partition coefficient (Wildman–Crippen LogP) is 2.87. The Morgan fingerprint density at radius 3 is 2.56 bits per heavy atom. The molecule has 1 N–H and O–H groups in total. The summed E-state index contributed by atoms with van der Waals surface area (Å²) in [6.07, 6.45) is 0. The molecule has 0 unspecified atom stereocenters. The lowest BCUT2D eigenvalue weighted by atomic mass is 10.2. The molecule has 3 rings (SSSR count). The normalized spacial score (nSPS) is 11.4. The fourth-order valence-electron chi connectivity index (χ4n) is 2.35. The van der Waals surface area contributed by atoms with Crippen LogP contribution >= 0.6 is 15.9 Å². The molecule has 0 aliphatic carbocycles. The summed E-state index contributed by atoms with van der Waals surface area (Å²) < 4.78 is 27.4. The Balaban J connectivity index is 2.12. The number of benzene rings is 2. The zero-order valence-electron chi connectivity index (χ0n) is 12.9. The van der Waals surface area contributed by atoms with Crippen LogP contribution in [0.1, 0.15) is 16.1 Å². The number of carbonyl (C=O) groups is 1. The van der Waals surface area contributed by atoms with Crippen LogP contribution in [0, 0.1) is 6.92 Å². The van der Waals surface area contributed by atoms with Gasteiger partial charge in [0.05, 0.1) is 21.8 Å². The molecular weight excluding hydrogens is 410 g/mol. The number of aromatic carboxylic acids is 1. The van der Waals surface area contributed by atoms with Crippen molar-refractivity contribution in [3.63, 3.8) is 0 Å². The van der Waals surface area contributed by atoms with Crippen molar-refractivity contribution >= 4 is 31.7 Å². The molecule has 0 bridgehead atoms. The van der Waals surface area contributed by atoms with Crippen LogP contribution in [0.2, 0.25) is 0 Å². The number of carboxylic acids is 1. The van der Waals surface area contributed by atoms with E-state index in [2.05, 4.69) is 26.2 Å². The van der Waals surface area contributed by atoms with Gasteiger partial charge in [0.2, 0.25) is 14.9 Å². The second-order valence-electron chi connectivity index (χ2n) is 5.18. The van der Waals surface area contributed by atoms with Gasteiger partial charge in [-0.1, -0.05) is 23.4 Å². The lowest BCUT2D eigenvalue weighted by Crippen LogP contribution is -2.07. The van der Waals surface area contributed by atoms with Gasteiger partial charge in [-0.2, -0.15) is 0 Å². The fraction of sp³-hybridized carbons (Fsp3) is 0.0625. The van der Waals surface area contributed by atoms with E-state index >= 15 is 0 Å². The van der Waals surface area contributed by atoms with Crippen LogP contribution in [0.4, 0.5) is 0 Å². The first-order valence-electron chi connectivity index (χ1n) is 7.08. The molecule has 0 saturated heterocycles. The van der Waals surface area contributed by atoms with Gasteiger partial charge in [-0.15, -0.1) is 5.10 Å². The number of hydrogen-bond donors (Lipinski definition) is 1. The van der Waals surface area contributed by atoms with E-state index < -0.39 is 15.8 Å². The summed E-state index contributed by atoms with van der Waals surface area (Å²) in [6, 6.07) is 12.5. The molecular formula is C16H12BrN3O4S. The summed E-state index contributed by atoms with van der Waals surface area (Å²) in [6.45, 7) is 1.57. The van der Waals surface area contributed by atoms with Gasteiger partial charge in [-0.05, 0) is 53.2 Å². The maximum atomic E-state index is 12.9. The zero-order chi connectivity index (χ0) is 18.2. The van der Waals surface area contributed by atoms with Gasteiger partial charge in [0.25, 0.3) is 0 Å². The third kappa shape index (κ3) is 3.08. The maximum Gasteiger partial charge on any atom is 0.335 e. The molecule has 0 aliphatic rings. The van der Waals surface area contributed by atoms with Crippen molar-refractivity contribution in [3.8, 4) is 5.69 Å². The first kappa shape index (κ1) is 17.3. The van der Waals surface area contributed by atoms with Crippen LogP contribution in [0.25, 0.3) is 5.69 Å². The number of halogens is 1. The van der Waals surface area contributed by atoms with E-state index in [9.17, 15) is 13.2 Å². The first-order chi connectivity index (χ1) is 11.8. The molecule has 0 radical (unpaired) electrons. The molecule has 0 saturated carbocycles. The molecule has 2 aromatic carbocycles. The molecule has 0 aliphatic heterocycles. The predicted molar refractivity (Wildman–Crippen MR) is 92.6 cm³/mol. The summed E-state index contributed by atoms with van der Waals surface area (Å²) in [4.78, 5) is 11.2. The molecule has 9 heteroatoms. The molecule has 25 heavy (non-hydrogen) atoms. The quantitative estimate of drug-likeness (QED) is 0.694. The SMILES string of the molecule is Cc1c(S(=O)(=O)c2ccccc2Br)nnn1-c1cccc(C(=O)O)c1. The van der Waals surface area contributed by atoms with Gasteiger partial charge in [-0.25, -0.2) is 17.9 Å². The number of carboxylic acid groups (broad SMARTS) is 1. The molecule has 0 amide bonds. The molecule has 0 spiro atoms. The Labute approximate surface area is 152 Å². The van der Waals surface area contributed by atoms with Gasteiger partial charge in [0.15, 0.2) is 0 Å². The Morgan fingerprint density at radius 2 is 1.88 bits per heavy atom. The lowest BCUT2D eigenvalue weighted by molar-refractivity contribution is 0.0697. The van der Waals surface area contributed by atoms with Crippen molar-refractivity contribution in [3.05, 3.63) is 64.3 Å². The van der Waals surface area contributed by atoms with E-state index in [0.717, 1.165) is 0 Å². The number of hydrogen-bond acceptors (Lipinski definition) is 5. The summed E-state index contributed by atoms with van der Waals surface area (Å²) >= 11 is 3.23. The van der Waals surface area contributed by atoms with Crippen molar-refractivity contribution in [2.24, 2.45) is 0 Å². The maximum absolute atomic E-state index is 12.9. The summed E-state index contributed by atoms with van der Waals surface area (Å²) in [5.74, 6) is -1.08. The smallest absolute Gasteiger partial charge is 0.335 e. The van der Waals surface area contributed by atoms with Crippen molar-refractivity contribution in [1.82, 2.24) is 15.0 Å². The monoisotopic (exact) mass is 421 g/mol. The van der Waals surface area contributed by atoms with Crippen molar-refractivity contribution in [2.75, 3.05) is 0 Å². The van der Waals surface area contributed by atoms with E-state index in [0.29, 0.717) is 15.9 Å². The average molecular weight is 422 g/mol. The molecule has 128 valence electrons. The largest absolute Gasteiger partial charge is 0.478 e. The number of rotatable bonds is 4. The highest BCUT2D eigenvalue weighted by Gasteiger charge is 2.27. The highest BCUT2D eigenvalue weighted by molar-refractivity contribution is 9.10. The van der Waals surface area contributed by atoms with Crippen molar-refractivity contribution in [1.29, 1.82) is 0 Å². The molecule has 3 aromatic rings. The summed E-state index contributed by atoms with van der Waals surface area (Å²) in [5, 5.41) is 16.6. The first-order valence-corrected chi connectivity index (χ1v) is 9.35. The minimum Gasteiger partial charge on any atom is -0.478 e. The highest BCUT2D eigenvalue weighted by Crippen LogP contribution is 2.28.